The van der Waals surface area contributed by atoms with E-state index in [1.807, 2.05) is 30.3 Å². The molecule has 0 saturated carbocycles. The van der Waals surface area contributed by atoms with Gasteiger partial charge in [0.1, 0.15) is 17.9 Å². The highest BCUT2D eigenvalue weighted by Crippen LogP contribution is 2.22. The van der Waals surface area contributed by atoms with Crippen LogP contribution in [0.1, 0.15) is 0 Å². The number of rotatable bonds is 5. The minimum atomic E-state index is -0.126. The second kappa shape index (κ2) is 5.61. The molecule has 0 amide bonds. The van der Waals surface area contributed by atoms with Crippen molar-refractivity contribution < 1.29 is 9.47 Å². The Balaban J connectivity index is 2.13. The lowest BCUT2D eigenvalue weighted by Crippen LogP contribution is -2.32. The summed E-state index contributed by atoms with van der Waals surface area (Å²) in [4.78, 5) is 4.31. The average Bonchev–Trinajstić information content (AvgIpc) is 2.36. The van der Waals surface area contributed by atoms with Crippen molar-refractivity contribution >= 4 is 10.9 Å². The van der Waals surface area contributed by atoms with Crippen molar-refractivity contribution in [2.45, 2.75) is 6.04 Å². The molecule has 4 heteroatoms. The Bertz CT molecular complexity index is 482. The summed E-state index contributed by atoms with van der Waals surface area (Å²) in [6.45, 7) is 0.904. The summed E-state index contributed by atoms with van der Waals surface area (Å²) in [5, 5.41) is 1.06. The Kier molecular flexibility index (Phi) is 3.90. The minimum Gasteiger partial charge on any atom is -0.490 e. The predicted molar refractivity (Wildman–Crippen MR) is 67.1 cm³/mol. The van der Waals surface area contributed by atoms with Crippen LogP contribution in [0.4, 0.5) is 0 Å². The molecule has 0 aliphatic rings. The molecule has 90 valence electrons. The van der Waals surface area contributed by atoms with Crippen molar-refractivity contribution in [1.29, 1.82) is 0 Å². The Morgan fingerprint density at radius 1 is 1.24 bits per heavy atom. The SMILES string of the molecule is COCC(N)COc1cccc2cccnc12. The molecule has 0 saturated heterocycles. The third-order valence-electron chi connectivity index (χ3n) is 2.43. The first-order valence-corrected chi connectivity index (χ1v) is 5.52. The highest BCUT2D eigenvalue weighted by Gasteiger charge is 2.06. The molecule has 4 nitrogen and oxygen atoms in total. The zero-order valence-corrected chi connectivity index (χ0v) is 9.80. The molecule has 2 aromatic rings. The fourth-order valence-electron chi connectivity index (χ4n) is 1.65. The highest BCUT2D eigenvalue weighted by atomic mass is 16.5. The maximum Gasteiger partial charge on any atom is 0.145 e. The van der Waals surface area contributed by atoms with E-state index in [0.29, 0.717) is 13.2 Å². The number of fused-ring (bicyclic) bond motifs is 1. The highest BCUT2D eigenvalue weighted by molar-refractivity contribution is 5.84. The molecule has 1 atom stereocenters. The van der Waals surface area contributed by atoms with Crippen LogP contribution in [0.25, 0.3) is 10.9 Å². The van der Waals surface area contributed by atoms with Crippen LogP contribution >= 0.6 is 0 Å². The van der Waals surface area contributed by atoms with Gasteiger partial charge in [-0.3, -0.25) is 4.98 Å². The first-order valence-electron chi connectivity index (χ1n) is 5.52. The van der Waals surface area contributed by atoms with Crippen LogP contribution in [-0.4, -0.2) is 31.3 Å². The molecule has 0 aliphatic carbocycles. The number of para-hydroxylation sites is 1. The summed E-state index contributed by atoms with van der Waals surface area (Å²) in [6.07, 6.45) is 1.75. The summed E-state index contributed by atoms with van der Waals surface area (Å²) < 4.78 is 10.6. The van der Waals surface area contributed by atoms with E-state index in [4.69, 9.17) is 15.2 Å². The normalized spacial score (nSPS) is 12.6. The van der Waals surface area contributed by atoms with Gasteiger partial charge < -0.3 is 15.2 Å². The number of hydrogen-bond acceptors (Lipinski definition) is 4. The smallest absolute Gasteiger partial charge is 0.145 e. The van der Waals surface area contributed by atoms with Gasteiger partial charge in [-0.05, 0) is 12.1 Å². The van der Waals surface area contributed by atoms with Gasteiger partial charge in [0.15, 0.2) is 0 Å². The second-order valence-electron chi connectivity index (χ2n) is 3.86. The van der Waals surface area contributed by atoms with Crippen LogP contribution in [0.15, 0.2) is 36.5 Å². The maximum atomic E-state index is 5.81. The van der Waals surface area contributed by atoms with Gasteiger partial charge in [-0.1, -0.05) is 18.2 Å². The maximum absolute atomic E-state index is 5.81. The number of pyridine rings is 1. The number of nitrogens with two attached hydrogens (primary N) is 1. The van der Waals surface area contributed by atoms with Gasteiger partial charge in [0, 0.05) is 18.7 Å². The molecular formula is C13H16N2O2. The lowest BCUT2D eigenvalue weighted by atomic mass is 10.2. The van der Waals surface area contributed by atoms with E-state index in [9.17, 15) is 0 Å². The molecule has 0 radical (unpaired) electrons. The summed E-state index contributed by atoms with van der Waals surface area (Å²) >= 11 is 0. The number of nitrogens with zero attached hydrogens (tertiary/aromatic N) is 1. The zero-order chi connectivity index (χ0) is 12.1. The van der Waals surface area contributed by atoms with Crippen molar-refractivity contribution in [2.24, 2.45) is 5.73 Å². The number of methoxy groups -OCH3 is 1. The van der Waals surface area contributed by atoms with Crippen molar-refractivity contribution in [3.05, 3.63) is 36.5 Å². The lowest BCUT2D eigenvalue weighted by molar-refractivity contribution is 0.153. The minimum absolute atomic E-state index is 0.126. The molecule has 1 aromatic heterocycles. The fraction of sp³-hybridized carbons (Fsp3) is 0.308. The molecule has 1 aromatic carbocycles. The summed E-state index contributed by atoms with van der Waals surface area (Å²) in [6, 6.07) is 9.63. The van der Waals surface area contributed by atoms with Crippen LogP contribution in [-0.2, 0) is 4.74 Å². The van der Waals surface area contributed by atoms with E-state index in [2.05, 4.69) is 4.98 Å². The quantitative estimate of drug-likeness (QED) is 0.850. The molecule has 0 fully saturated rings. The van der Waals surface area contributed by atoms with Crippen molar-refractivity contribution in [1.82, 2.24) is 4.98 Å². The zero-order valence-electron chi connectivity index (χ0n) is 9.80. The second-order valence-corrected chi connectivity index (χ2v) is 3.86. The molecular weight excluding hydrogens is 216 g/mol. The monoisotopic (exact) mass is 232 g/mol. The molecule has 0 bridgehead atoms. The number of hydrogen-bond donors (Lipinski definition) is 1. The first kappa shape index (κ1) is 11.8. The first-order chi connectivity index (χ1) is 8.31. The predicted octanol–water partition coefficient (Wildman–Crippen LogP) is 1.59. The molecule has 1 unspecified atom stereocenters. The number of benzene rings is 1. The molecule has 0 aliphatic heterocycles. The van der Waals surface area contributed by atoms with Crippen molar-refractivity contribution in [3.63, 3.8) is 0 Å². The van der Waals surface area contributed by atoms with E-state index in [1.54, 1.807) is 13.3 Å². The molecule has 2 rings (SSSR count). The Morgan fingerprint density at radius 2 is 2.06 bits per heavy atom. The Hall–Kier alpha value is -1.65. The average molecular weight is 232 g/mol. The summed E-state index contributed by atoms with van der Waals surface area (Å²) in [5.41, 5.74) is 6.67. The van der Waals surface area contributed by atoms with E-state index in [0.717, 1.165) is 16.7 Å². The molecule has 2 N–H and O–H groups in total. The van der Waals surface area contributed by atoms with E-state index in [1.165, 1.54) is 0 Å². The number of aromatic nitrogens is 1. The number of ether oxygens (including phenoxy) is 2. The van der Waals surface area contributed by atoms with Crippen LogP contribution in [0, 0.1) is 0 Å². The van der Waals surface area contributed by atoms with Crippen molar-refractivity contribution in [3.8, 4) is 5.75 Å². The van der Waals surface area contributed by atoms with Crippen LogP contribution in [0.3, 0.4) is 0 Å². The fourth-order valence-corrected chi connectivity index (χ4v) is 1.65. The van der Waals surface area contributed by atoms with E-state index >= 15 is 0 Å². The van der Waals surface area contributed by atoms with E-state index < -0.39 is 0 Å². The molecule has 17 heavy (non-hydrogen) atoms. The molecule has 1 heterocycles. The van der Waals surface area contributed by atoms with Gasteiger partial charge >= 0.3 is 0 Å². The lowest BCUT2D eigenvalue weighted by Gasteiger charge is -2.13. The Morgan fingerprint density at radius 3 is 2.88 bits per heavy atom. The molecule has 0 spiro atoms. The van der Waals surface area contributed by atoms with Gasteiger partial charge in [0.05, 0.1) is 12.6 Å². The largest absolute Gasteiger partial charge is 0.490 e. The van der Waals surface area contributed by atoms with E-state index in [-0.39, 0.29) is 6.04 Å². The van der Waals surface area contributed by atoms with Crippen LogP contribution < -0.4 is 10.5 Å². The topological polar surface area (TPSA) is 57.4 Å². The van der Waals surface area contributed by atoms with Gasteiger partial charge in [-0.25, -0.2) is 0 Å². The Labute approximate surface area is 100 Å². The van der Waals surface area contributed by atoms with Gasteiger partial charge in [0.2, 0.25) is 0 Å². The van der Waals surface area contributed by atoms with Crippen LogP contribution in [0.2, 0.25) is 0 Å². The van der Waals surface area contributed by atoms with Crippen LogP contribution in [0.5, 0.6) is 5.75 Å². The summed E-state index contributed by atoms with van der Waals surface area (Å²) in [7, 11) is 1.62. The van der Waals surface area contributed by atoms with Crippen molar-refractivity contribution in [2.75, 3.05) is 20.3 Å². The van der Waals surface area contributed by atoms with Gasteiger partial charge in [-0.2, -0.15) is 0 Å². The third-order valence-corrected chi connectivity index (χ3v) is 2.43. The third kappa shape index (κ3) is 2.93. The standard InChI is InChI=1S/C13H16N2O2/c1-16-8-11(14)9-17-12-6-2-4-10-5-3-7-15-13(10)12/h2-7,11H,8-9,14H2,1H3. The van der Waals surface area contributed by atoms with Gasteiger partial charge in [-0.15, -0.1) is 0 Å². The van der Waals surface area contributed by atoms with Gasteiger partial charge in [0.25, 0.3) is 0 Å². The summed E-state index contributed by atoms with van der Waals surface area (Å²) in [5.74, 6) is 0.759.